The Morgan fingerprint density at radius 3 is 1.98 bits per heavy atom. The third-order valence-corrected chi connectivity index (χ3v) is 7.44. The van der Waals surface area contributed by atoms with Crippen molar-refractivity contribution in [2.75, 3.05) is 13.2 Å². The van der Waals surface area contributed by atoms with E-state index in [9.17, 15) is 24.3 Å². The number of aliphatic carboxylic acids is 1. The third-order valence-electron chi connectivity index (χ3n) is 7.44. The Hall–Kier alpha value is -4.86. The second kappa shape index (κ2) is 15.2. The number of carbonyl (C=O) groups excluding carboxylic acids is 3. The number of hydrogen-bond acceptors (Lipinski definition) is 6. The van der Waals surface area contributed by atoms with Crippen LogP contribution >= 0.6 is 0 Å². The first-order chi connectivity index (χ1) is 21.5. The average Bonchev–Trinajstić information content (AvgIpc) is 3.32. The number of hydrogen-bond donors (Lipinski definition) is 4. The number of benzene rings is 3. The molecule has 238 valence electrons. The molecule has 1 aliphatic rings. The van der Waals surface area contributed by atoms with Crippen LogP contribution in [-0.2, 0) is 25.5 Å². The number of alkyl carbamates (subject to hydrolysis) is 2. The predicted molar refractivity (Wildman–Crippen MR) is 170 cm³/mol. The summed E-state index contributed by atoms with van der Waals surface area (Å²) >= 11 is 0. The van der Waals surface area contributed by atoms with Crippen LogP contribution in [0.3, 0.4) is 0 Å². The van der Waals surface area contributed by atoms with Gasteiger partial charge in [-0.3, -0.25) is 4.79 Å². The first kappa shape index (κ1) is 33.0. The van der Waals surface area contributed by atoms with Gasteiger partial charge < -0.3 is 30.5 Å². The maximum Gasteiger partial charge on any atom is 0.408 e. The molecule has 0 saturated heterocycles. The molecule has 3 aromatic carbocycles. The van der Waals surface area contributed by atoms with Crippen LogP contribution in [0.5, 0.6) is 0 Å². The van der Waals surface area contributed by atoms with Crippen LogP contribution in [0, 0.1) is 0 Å². The van der Waals surface area contributed by atoms with Crippen molar-refractivity contribution in [1.29, 1.82) is 0 Å². The molecule has 0 spiro atoms. The van der Waals surface area contributed by atoms with Crippen molar-refractivity contribution in [3.05, 3.63) is 95.6 Å². The Labute approximate surface area is 263 Å². The summed E-state index contributed by atoms with van der Waals surface area (Å²) in [6.07, 6.45) is -0.126. The molecule has 4 rings (SSSR count). The highest BCUT2D eigenvalue weighted by Gasteiger charge is 2.30. The first-order valence-corrected chi connectivity index (χ1v) is 15.2. The van der Waals surface area contributed by atoms with Gasteiger partial charge in [-0.2, -0.15) is 0 Å². The lowest BCUT2D eigenvalue weighted by atomic mass is 9.98. The molecular formula is C35H41N3O7. The zero-order chi connectivity index (χ0) is 32.4. The number of fused-ring (bicyclic) bond motifs is 3. The summed E-state index contributed by atoms with van der Waals surface area (Å²) in [5.74, 6) is -1.86. The van der Waals surface area contributed by atoms with Gasteiger partial charge in [-0.05, 0) is 67.9 Å². The van der Waals surface area contributed by atoms with Gasteiger partial charge in [-0.15, -0.1) is 0 Å². The number of ether oxygens (including phenoxy) is 2. The van der Waals surface area contributed by atoms with Crippen molar-refractivity contribution in [2.45, 2.75) is 70.1 Å². The van der Waals surface area contributed by atoms with Crippen LogP contribution in [0.15, 0.2) is 78.9 Å². The molecule has 3 amide bonds. The summed E-state index contributed by atoms with van der Waals surface area (Å²) in [7, 11) is 0. The SMILES string of the molecule is CC(C)(C)OC(=O)N[C@@H](Cc1ccccc1)C(=O)NC(CCCCNC(=O)OCC1c2ccccc2-c2ccccc21)C(=O)O. The quantitative estimate of drug-likeness (QED) is 0.189. The molecule has 0 radical (unpaired) electrons. The third kappa shape index (κ3) is 9.56. The highest BCUT2D eigenvalue weighted by molar-refractivity contribution is 5.89. The van der Waals surface area contributed by atoms with E-state index in [2.05, 4.69) is 40.2 Å². The van der Waals surface area contributed by atoms with Crippen molar-refractivity contribution in [3.8, 4) is 11.1 Å². The molecule has 10 heteroatoms. The van der Waals surface area contributed by atoms with E-state index in [1.807, 2.05) is 54.6 Å². The second-order valence-corrected chi connectivity index (χ2v) is 12.0. The Balaban J connectivity index is 1.23. The fraction of sp³-hybridized carbons (Fsp3) is 0.371. The van der Waals surface area contributed by atoms with E-state index in [4.69, 9.17) is 9.47 Å². The largest absolute Gasteiger partial charge is 0.480 e. The zero-order valence-corrected chi connectivity index (χ0v) is 25.9. The minimum Gasteiger partial charge on any atom is -0.480 e. The van der Waals surface area contributed by atoms with Crippen LogP contribution in [-0.4, -0.2) is 60.0 Å². The average molecular weight is 616 g/mol. The van der Waals surface area contributed by atoms with Crippen molar-refractivity contribution in [2.24, 2.45) is 0 Å². The lowest BCUT2D eigenvalue weighted by Crippen LogP contribution is -2.53. The number of amides is 3. The summed E-state index contributed by atoms with van der Waals surface area (Å²) < 4.78 is 10.9. The van der Waals surface area contributed by atoms with Gasteiger partial charge in [0.1, 0.15) is 24.3 Å². The van der Waals surface area contributed by atoms with Gasteiger partial charge >= 0.3 is 18.2 Å². The number of rotatable bonds is 13. The van der Waals surface area contributed by atoms with Gasteiger partial charge in [0, 0.05) is 18.9 Å². The van der Waals surface area contributed by atoms with Gasteiger partial charge in [0.05, 0.1) is 0 Å². The molecule has 0 fully saturated rings. The molecule has 0 saturated carbocycles. The number of carboxylic acid groups (broad SMARTS) is 1. The van der Waals surface area contributed by atoms with Crippen LogP contribution in [0.2, 0.25) is 0 Å². The summed E-state index contributed by atoms with van der Waals surface area (Å²) in [5, 5.41) is 17.6. The molecule has 2 atom stereocenters. The van der Waals surface area contributed by atoms with Crippen molar-refractivity contribution >= 4 is 24.1 Å². The van der Waals surface area contributed by atoms with E-state index in [0.29, 0.717) is 12.8 Å². The number of carboxylic acids is 1. The smallest absolute Gasteiger partial charge is 0.408 e. The van der Waals surface area contributed by atoms with Crippen LogP contribution in [0.25, 0.3) is 11.1 Å². The van der Waals surface area contributed by atoms with Gasteiger partial charge in [0.2, 0.25) is 5.91 Å². The Bertz CT molecular complexity index is 1440. The number of nitrogens with one attached hydrogen (secondary N) is 3. The fourth-order valence-corrected chi connectivity index (χ4v) is 5.35. The molecular weight excluding hydrogens is 574 g/mol. The van der Waals surface area contributed by atoms with Gasteiger partial charge in [-0.25, -0.2) is 14.4 Å². The van der Waals surface area contributed by atoms with E-state index in [-0.39, 0.29) is 31.9 Å². The molecule has 0 aromatic heterocycles. The predicted octanol–water partition coefficient (Wildman–Crippen LogP) is 5.40. The molecule has 1 aliphatic carbocycles. The van der Waals surface area contributed by atoms with Gasteiger partial charge in [0.15, 0.2) is 0 Å². The molecule has 0 aliphatic heterocycles. The van der Waals surface area contributed by atoms with E-state index in [1.165, 1.54) is 0 Å². The van der Waals surface area contributed by atoms with Gasteiger partial charge in [0.25, 0.3) is 0 Å². The minimum absolute atomic E-state index is 0.0430. The summed E-state index contributed by atoms with van der Waals surface area (Å²) in [5.41, 5.74) is 4.57. The van der Waals surface area contributed by atoms with Crippen molar-refractivity contribution in [1.82, 2.24) is 16.0 Å². The molecule has 4 N–H and O–H groups in total. The Kier molecular flexibility index (Phi) is 11.2. The summed E-state index contributed by atoms with van der Waals surface area (Å²) in [6.45, 7) is 5.62. The molecule has 1 unspecified atom stereocenters. The lowest BCUT2D eigenvalue weighted by molar-refractivity contribution is -0.142. The number of carbonyl (C=O) groups is 4. The molecule has 0 heterocycles. The highest BCUT2D eigenvalue weighted by Crippen LogP contribution is 2.44. The minimum atomic E-state index is -1.19. The maximum absolute atomic E-state index is 13.2. The zero-order valence-electron chi connectivity index (χ0n) is 25.9. The fourth-order valence-electron chi connectivity index (χ4n) is 5.35. The Morgan fingerprint density at radius 1 is 0.778 bits per heavy atom. The maximum atomic E-state index is 13.2. The molecule has 45 heavy (non-hydrogen) atoms. The Morgan fingerprint density at radius 2 is 1.38 bits per heavy atom. The normalized spacial score (nSPS) is 13.5. The topological polar surface area (TPSA) is 143 Å². The van der Waals surface area contributed by atoms with E-state index < -0.39 is 41.7 Å². The van der Waals surface area contributed by atoms with E-state index in [1.54, 1.807) is 20.8 Å². The van der Waals surface area contributed by atoms with E-state index in [0.717, 1.165) is 27.8 Å². The highest BCUT2D eigenvalue weighted by atomic mass is 16.6. The van der Waals surface area contributed by atoms with Crippen LogP contribution < -0.4 is 16.0 Å². The summed E-state index contributed by atoms with van der Waals surface area (Å²) in [4.78, 5) is 50.0. The first-order valence-electron chi connectivity index (χ1n) is 15.2. The standard InChI is InChI=1S/C35H41N3O7/c1-35(2,3)45-34(43)38-30(21-23-13-5-4-6-14-23)31(39)37-29(32(40)41)19-11-12-20-36-33(42)44-22-28-26-17-9-7-15-24(26)25-16-8-10-18-27(25)28/h4-10,13-18,28-30H,11-12,19-22H2,1-3H3,(H,36,42)(H,37,39)(H,38,43)(H,40,41)/t29?,30-/m0/s1. The van der Waals surface area contributed by atoms with Crippen molar-refractivity contribution < 1.29 is 33.8 Å². The molecule has 10 nitrogen and oxygen atoms in total. The monoisotopic (exact) mass is 615 g/mol. The van der Waals surface area contributed by atoms with Crippen molar-refractivity contribution in [3.63, 3.8) is 0 Å². The number of unbranched alkanes of at least 4 members (excludes halogenated alkanes) is 1. The summed E-state index contributed by atoms with van der Waals surface area (Å²) in [6, 6.07) is 23.1. The van der Waals surface area contributed by atoms with Gasteiger partial charge in [-0.1, -0.05) is 78.9 Å². The van der Waals surface area contributed by atoms with Crippen LogP contribution in [0.4, 0.5) is 9.59 Å². The molecule has 0 bridgehead atoms. The second-order valence-electron chi connectivity index (χ2n) is 12.0. The molecule has 3 aromatic rings. The van der Waals surface area contributed by atoms with Crippen LogP contribution in [0.1, 0.15) is 62.6 Å². The lowest BCUT2D eigenvalue weighted by Gasteiger charge is -2.24. The van der Waals surface area contributed by atoms with E-state index >= 15 is 0 Å².